The van der Waals surface area contributed by atoms with E-state index in [0.29, 0.717) is 46.7 Å². The molecule has 4 aromatic rings. The number of carbonyl (C=O) groups is 4. The first-order valence-electron chi connectivity index (χ1n) is 19.5. The van der Waals surface area contributed by atoms with Gasteiger partial charge in [0.25, 0.3) is 0 Å². The van der Waals surface area contributed by atoms with Crippen LogP contribution in [-0.4, -0.2) is 52.7 Å². The van der Waals surface area contributed by atoms with Crippen LogP contribution in [0, 0.1) is 17.8 Å². The van der Waals surface area contributed by atoms with Crippen LogP contribution < -0.4 is 10.1 Å². The number of carbonyl (C=O) groups excluding carboxylic acids is 4. The number of aromatic nitrogens is 2. The van der Waals surface area contributed by atoms with Crippen molar-refractivity contribution in [3.05, 3.63) is 80.9 Å². The number of esters is 1. The normalized spacial score (nSPS) is 17.7. The summed E-state index contributed by atoms with van der Waals surface area (Å²) in [6.45, 7) is 9.75. The molecule has 2 heterocycles. The van der Waals surface area contributed by atoms with Gasteiger partial charge in [0.2, 0.25) is 5.91 Å². The number of hydrogen-bond acceptors (Lipinski definition) is 8. The number of H-pyrrole nitrogens is 1. The minimum atomic E-state index is -4.60. The van der Waals surface area contributed by atoms with Crippen LogP contribution in [0.25, 0.3) is 10.9 Å². The molecular formula is C43H52F3N3O6S. The van der Waals surface area contributed by atoms with Crippen molar-refractivity contribution in [2.45, 2.75) is 110 Å². The summed E-state index contributed by atoms with van der Waals surface area (Å²) in [6, 6.07) is 11.5. The van der Waals surface area contributed by atoms with E-state index in [1.807, 2.05) is 52.0 Å². The average Bonchev–Trinajstić information content (AvgIpc) is 3.82. The predicted octanol–water partition coefficient (Wildman–Crippen LogP) is 9.22. The summed E-state index contributed by atoms with van der Waals surface area (Å²) in [5, 5.41) is 5.71. The Morgan fingerprint density at radius 3 is 2.36 bits per heavy atom. The maximum Gasteiger partial charge on any atom is 0.418 e. The van der Waals surface area contributed by atoms with Gasteiger partial charge in [0.05, 0.1) is 29.8 Å². The van der Waals surface area contributed by atoms with E-state index in [4.69, 9.17) is 9.47 Å². The van der Waals surface area contributed by atoms with Gasteiger partial charge in [-0.05, 0) is 67.3 Å². The number of amides is 1. The number of halogens is 3. The Kier molecular flexibility index (Phi) is 13.8. The fraction of sp³-hybridized carbons (Fsp3) is 0.512. The number of aromatic amines is 1. The smallest absolute Gasteiger partial charge is 0.418 e. The third-order valence-corrected chi connectivity index (χ3v) is 12.5. The topological polar surface area (TPSA) is 127 Å². The second-order valence-corrected chi connectivity index (χ2v) is 15.9. The number of methoxy groups -OCH3 is 1. The van der Waals surface area contributed by atoms with E-state index in [1.54, 1.807) is 25.5 Å². The average molecular weight is 796 g/mol. The van der Waals surface area contributed by atoms with Crippen molar-refractivity contribution in [3.63, 3.8) is 0 Å². The van der Waals surface area contributed by atoms with Crippen LogP contribution in [0.1, 0.15) is 117 Å². The lowest BCUT2D eigenvalue weighted by molar-refractivity contribution is -0.137. The Morgan fingerprint density at radius 1 is 1.00 bits per heavy atom. The fourth-order valence-electron chi connectivity index (χ4n) is 7.68. The molecule has 0 bridgehead atoms. The molecule has 2 aromatic heterocycles. The van der Waals surface area contributed by atoms with E-state index >= 15 is 0 Å². The van der Waals surface area contributed by atoms with Gasteiger partial charge in [-0.25, -0.2) is 9.78 Å². The molecule has 9 nitrogen and oxygen atoms in total. The molecule has 0 saturated heterocycles. The lowest BCUT2D eigenvalue weighted by Gasteiger charge is -2.39. The van der Waals surface area contributed by atoms with Crippen LogP contribution in [-0.2, 0) is 44.6 Å². The molecule has 302 valence electrons. The number of nitrogens with zero attached hydrogens (tertiary/aromatic N) is 1. The molecule has 0 spiro atoms. The SMILES string of the molecule is CCOC(=O)c1csc([C@@H](CC(=O)[C@@]2(NC(=O)[C@@H](CC(=O)CCc3ccc(OC)cc3)[C@@H](C)CC)CCc3[nH]c4c(C(F)(F)F)cccc4c3C2)[C@@H](C)CC)n1. The number of benzene rings is 2. The number of rotatable bonds is 18. The molecule has 1 aliphatic carbocycles. The Bertz CT molecular complexity index is 2020. The number of para-hydroxylation sites is 1. The number of nitrogens with one attached hydrogen (secondary N) is 2. The molecule has 0 fully saturated rings. The summed E-state index contributed by atoms with van der Waals surface area (Å²) in [6.07, 6.45) is -2.25. The van der Waals surface area contributed by atoms with Crippen LogP contribution in [0.5, 0.6) is 5.75 Å². The summed E-state index contributed by atoms with van der Waals surface area (Å²) in [4.78, 5) is 63.1. The van der Waals surface area contributed by atoms with Gasteiger partial charge in [0.15, 0.2) is 11.5 Å². The zero-order valence-electron chi connectivity index (χ0n) is 32.9. The molecule has 0 radical (unpaired) electrons. The summed E-state index contributed by atoms with van der Waals surface area (Å²) < 4.78 is 52.8. The summed E-state index contributed by atoms with van der Waals surface area (Å²) in [5.41, 5.74) is -0.0493. The van der Waals surface area contributed by atoms with Crippen molar-refractivity contribution in [1.82, 2.24) is 15.3 Å². The molecule has 5 atom stereocenters. The fourth-order valence-corrected chi connectivity index (χ4v) is 8.70. The molecule has 56 heavy (non-hydrogen) atoms. The highest BCUT2D eigenvalue weighted by molar-refractivity contribution is 7.09. The minimum Gasteiger partial charge on any atom is -0.497 e. The lowest BCUT2D eigenvalue weighted by atomic mass is 9.72. The standard InChI is InChI=1S/C43H52F3N3O6S/c1-7-25(4)31(21-28(50)16-13-27-14-17-29(54-6)18-15-27)39(52)49-42(20-19-35-33(23-42)30-11-10-12-34(38(30)47-35)43(44,45)46)37(51)22-32(26(5)8-2)40-48-36(24-56-40)41(53)55-9-3/h10-12,14-15,17-18,24-26,31-32,47H,7-9,13,16,19-23H2,1-6H3,(H,49,52)/t25-,26-,31-,32-,42+/m0/s1. The molecule has 2 aromatic carbocycles. The quantitative estimate of drug-likeness (QED) is 0.0962. The Morgan fingerprint density at radius 2 is 1.71 bits per heavy atom. The van der Waals surface area contributed by atoms with E-state index in [-0.39, 0.29) is 79.7 Å². The predicted molar refractivity (Wildman–Crippen MR) is 210 cm³/mol. The van der Waals surface area contributed by atoms with E-state index in [2.05, 4.69) is 15.3 Å². The summed E-state index contributed by atoms with van der Waals surface area (Å²) in [5.74, 6) is -1.99. The van der Waals surface area contributed by atoms with Gasteiger partial charge in [-0.3, -0.25) is 14.4 Å². The number of fused-ring (bicyclic) bond motifs is 3. The van der Waals surface area contributed by atoms with Crippen molar-refractivity contribution >= 4 is 45.7 Å². The first-order valence-corrected chi connectivity index (χ1v) is 20.3. The van der Waals surface area contributed by atoms with Gasteiger partial charge in [-0.15, -0.1) is 11.3 Å². The maximum atomic E-state index is 15.0. The molecule has 1 aliphatic rings. The van der Waals surface area contributed by atoms with Crippen molar-refractivity contribution < 1.29 is 41.8 Å². The zero-order valence-corrected chi connectivity index (χ0v) is 33.8. The zero-order chi connectivity index (χ0) is 40.8. The highest BCUT2D eigenvalue weighted by Crippen LogP contribution is 2.42. The van der Waals surface area contributed by atoms with E-state index in [0.717, 1.165) is 11.6 Å². The lowest BCUT2D eigenvalue weighted by Crippen LogP contribution is -2.59. The molecule has 0 saturated carbocycles. The summed E-state index contributed by atoms with van der Waals surface area (Å²) in [7, 11) is 1.58. The van der Waals surface area contributed by atoms with Crippen LogP contribution >= 0.6 is 11.3 Å². The van der Waals surface area contributed by atoms with Crippen LogP contribution in [0.4, 0.5) is 13.2 Å². The first kappa shape index (κ1) is 42.6. The molecular weight excluding hydrogens is 744 g/mol. The van der Waals surface area contributed by atoms with E-state index in [9.17, 15) is 32.3 Å². The van der Waals surface area contributed by atoms with Crippen molar-refractivity contribution in [3.8, 4) is 5.75 Å². The van der Waals surface area contributed by atoms with Gasteiger partial charge in [-0.1, -0.05) is 64.8 Å². The number of Topliss-reactive ketones (excluding diaryl/α,β-unsaturated/α-hetero) is 2. The number of alkyl halides is 3. The van der Waals surface area contributed by atoms with Gasteiger partial charge < -0.3 is 19.8 Å². The molecule has 0 unspecified atom stereocenters. The largest absolute Gasteiger partial charge is 0.497 e. The number of ether oxygens (including phenoxy) is 2. The second kappa shape index (κ2) is 18.2. The third-order valence-electron chi connectivity index (χ3n) is 11.5. The van der Waals surface area contributed by atoms with Crippen molar-refractivity contribution in [2.24, 2.45) is 17.8 Å². The maximum absolute atomic E-state index is 15.0. The Balaban J connectivity index is 1.49. The van der Waals surface area contributed by atoms with Crippen LogP contribution in [0.3, 0.4) is 0 Å². The van der Waals surface area contributed by atoms with Crippen LogP contribution in [0.2, 0.25) is 0 Å². The van der Waals surface area contributed by atoms with E-state index < -0.39 is 41.0 Å². The molecule has 5 rings (SSSR count). The van der Waals surface area contributed by atoms with Crippen molar-refractivity contribution in [1.29, 1.82) is 0 Å². The Labute approximate surface area is 330 Å². The molecule has 2 N–H and O–H groups in total. The van der Waals surface area contributed by atoms with Crippen molar-refractivity contribution in [2.75, 3.05) is 13.7 Å². The first-order chi connectivity index (χ1) is 26.6. The molecule has 1 amide bonds. The van der Waals surface area contributed by atoms with Gasteiger partial charge in [-0.2, -0.15) is 13.2 Å². The number of thiazole rings is 1. The Hall–Kier alpha value is -4.52. The number of hydrogen-bond donors (Lipinski definition) is 2. The summed E-state index contributed by atoms with van der Waals surface area (Å²) >= 11 is 1.27. The monoisotopic (exact) mass is 795 g/mol. The van der Waals surface area contributed by atoms with E-state index in [1.165, 1.54) is 17.4 Å². The number of ketones is 2. The molecule has 0 aliphatic heterocycles. The second-order valence-electron chi connectivity index (χ2n) is 15.0. The highest BCUT2D eigenvalue weighted by atomic mass is 32.1. The third kappa shape index (κ3) is 9.53. The van der Waals surface area contributed by atoms with Gasteiger partial charge in [0.1, 0.15) is 17.1 Å². The number of aryl methyl sites for hydroxylation is 2. The van der Waals surface area contributed by atoms with Crippen LogP contribution in [0.15, 0.2) is 47.8 Å². The van der Waals surface area contributed by atoms with Gasteiger partial charge in [0, 0.05) is 54.0 Å². The minimum absolute atomic E-state index is 0.0141. The highest BCUT2D eigenvalue weighted by Gasteiger charge is 2.47. The molecule has 13 heteroatoms. The van der Waals surface area contributed by atoms with Gasteiger partial charge >= 0.3 is 12.1 Å².